The Kier molecular flexibility index (Phi) is 5.25. The molecule has 0 saturated heterocycles. The van der Waals surface area contributed by atoms with Crippen LogP contribution in [-0.4, -0.2) is 21.5 Å². The van der Waals surface area contributed by atoms with Gasteiger partial charge in [-0.05, 0) is 43.7 Å². The summed E-state index contributed by atoms with van der Waals surface area (Å²) in [7, 11) is 0. The Morgan fingerprint density at radius 2 is 1.81 bits per heavy atom. The van der Waals surface area contributed by atoms with E-state index in [9.17, 15) is 13.2 Å². The fourth-order valence-corrected chi connectivity index (χ4v) is 2.61. The number of rotatable bonds is 5. The zero-order valence-electron chi connectivity index (χ0n) is 14.8. The number of pyridine rings is 1. The van der Waals surface area contributed by atoms with E-state index in [0.717, 1.165) is 6.07 Å². The van der Waals surface area contributed by atoms with Crippen molar-refractivity contribution in [2.45, 2.75) is 20.0 Å². The molecule has 1 aromatic carbocycles. The van der Waals surface area contributed by atoms with Crippen LogP contribution in [-0.2, 0) is 6.18 Å². The highest BCUT2D eigenvalue weighted by atomic mass is 19.4. The molecule has 2 aromatic heterocycles. The number of halogens is 3. The van der Waals surface area contributed by atoms with Gasteiger partial charge in [-0.1, -0.05) is 12.1 Å². The largest absolute Gasteiger partial charge is 0.416 e. The molecule has 2 N–H and O–H groups in total. The van der Waals surface area contributed by atoms with Crippen molar-refractivity contribution in [1.82, 2.24) is 15.0 Å². The van der Waals surface area contributed by atoms with Crippen LogP contribution in [0.15, 0.2) is 48.7 Å². The van der Waals surface area contributed by atoms with Gasteiger partial charge >= 0.3 is 6.18 Å². The molecule has 0 aliphatic heterocycles. The number of nitrogens with zero attached hydrogens (tertiary/aromatic N) is 3. The Morgan fingerprint density at radius 3 is 2.48 bits per heavy atom. The zero-order chi connectivity index (χ0) is 19.4. The van der Waals surface area contributed by atoms with Gasteiger partial charge in [-0.15, -0.1) is 0 Å². The van der Waals surface area contributed by atoms with E-state index in [1.165, 1.54) is 13.0 Å². The number of nitrogens with one attached hydrogen (secondary N) is 2. The van der Waals surface area contributed by atoms with Crippen molar-refractivity contribution < 1.29 is 13.2 Å². The molecule has 0 spiro atoms. The maximum atomic E-state index is 13.1. The molecule has 0 unspecified atom stereocenters. The molecule has 0 amide bonds. The molecule has 0 atom stereocenters. The highest BCUT2D eigenvalue weighted by Gasteiger charge is 2.32. The van der Waals surface area contributed by atoms with Crippen molar-refractivity contribution in [3.05, 3.63) is 59.8 Å². The fraction of sp³-hybridized carbons (Fsp3) is 0.211. The summed E-state index contributed by atoms with van der Waals surface area (Å²) in [5.74, 6) is 0.747. The zero-order valence-corrected chi connectivity index (χ0v) is 14.8. The van der Waals surface area contributed by atoms with E-state index in [2.05, 4.69) is 25.6 Å². The molecule has 0 fully saturated rings. The molecule has 2 heterocycles. The number of hydrogen-bond acceptors (Lipinski definition) is 5. The molecule has 0 saturated carbocycles. The van der Waals surface area contributed by atoms with E-state index in [0.29, 0.717) is 35.4 Å². The van der Waals surface area contributed by atoms with Gasteiger partial charge in [0.05, 0.1) is 17.0 Å². The topological polar surface area (TPSA) is 62.7 Å². The molecule has 8 heteroatoms. The van der Waals surface area contributed by atoms with Crippen molar-refractivity contribution in [1.29, 1.82) is 0 Å². The van der Waals surface area contributed by atoms with Crippen molar-refractivity contribution in [3.63, 3.8) is 0 Å². The summed E-state index contributed by atoms with van der Waals surface area (Å²) in [5, 5.41) is 6.00. The van der Waals surface area contributed by atoms with Gasteiger partial charge in [-0.3, -0.25) is 4.98 Å². The van der Waals surface area contributed by atoms with Gasteiger partial charge in [0.1, 0.15) is 5.82 Å². The Balaban J connectivity index is 2.01. The minimum atomic E-state index is -4.42. The van der Waals surface area contributed by atoms with Gasteiger partial charge in [-0.25, -0.2) is 4.98 Å². The van der Waals surface area contributed by atoms with E-state index < -0.39 is 11.7 Å². The maximum Gasteiger partial charge on any atom is 0.416 e. The molecule has 3 rings (SSSR count). The number of benzene rings is 1. The summed E-state index contributed by atoms with van der Waals surface area (Å²) in [6.45, 7) is 3.94. The normalized spacial score (nSPS) is 11.3. The van der Waals surface area contributed by atoms with Gasteiger partial charge in [-0.2, -0.15) is 18.2 Å². The molecule has 27 heavy (non-hydrogen) atoms. The Bertz CT molecular complexity index is 926. The molecule has 140 valence electrons. The third-order valence-corrected chi connectivity index (χ3v) is 3.89. The van der Waals surface area contributed by atoms with Crippen LogP contribution < -0.4 is 10.6 Å². The van der Waals surface area contributed by atoms with Crippen LogP contribution in [0.5, 0.6) is 0 Å². The third kappa shape index (κ3) is 4.33. The van der Waals surface area contributed by atoms with Crippen LogP contribution in [0.2, 0.25) is 0 Å². The van der Waals surface area contributed by atoms with E-state index in [1.54, 1.807) is 30.5 Å². The first-order valence-corrected chi connectivity index (χ1v) is 8.36. The second kappa shape index (κ2) is 7.61. The molecular weight excluding hydrogens is 355 g/mol. The average molecular weight is 373 g/mol. The van der Waals surface area contributed by atoms with Crippen LogP contribution >= 0.6 is 0 Å². The molecule has 0 bridgehead atoms. The summed E-state index contributed by atoms with van der Waals surface area (Å²) in [6, 6.07) is 11.1. The minimum absolute atomic E-state index is 0.105. The lowest BCUT2D eigenvalue weighted by atomic mass is 10.1. The molecular formula is C19H18F3N5. The summed E-state index contributed by atoms with van der Waals surface area (Å²) >= 11 is 0. The smallest absolute Gasteiger partial charge is 0.354 e. The van der Waals surface area contributed by atoms with Crippen LogP contribution in [0, 0.1) is 6.92 Å². The summed E-state index contributed by atoms with van der Waals surface area (Å²) in [6.07, 6.45) is -2.77. The van der Waals surface area contributed by atoms with Gasteiger partial charge in [0.2, 0.25) is 5.95 Å². The average Bonchev–Trinajstić information content (AvgIpc) is 2.63. The van der Waals surface area contributed by atoms with Crippen molar-refractivity contribution in [2.75, 3.05) is 17.2 Å². The molecule has 5 nitrogen and oxygen atoms in total. The van der Waals surface area contributed by atoms with Crippen molar-refractivity contribution in [3.8, 4) is 11.4 Å². The Labute approximate surface area is 154 Å². The first-order chi connectivity index (χ1) is 12.9. The van der Waals surface area contributed by atoms with E-state index in [4.69, 9.17) is 0 Å². The van der Waals surface area contributed by atoms with Crippen molar-refractivity contribution >= 4 is 17.5 Å². The lowest BCUT2D eigenvalue weighted by molar-refractivity contribution is -0.138. The Morgan fingerprint density at radius 1 is 1.00 bits per heavy atom. The molecule has 0 radical (unpaired) electrons. The highest BCUT2D eigenvalue weighted by Crippen LogP contribution is 2.35. The SMILES string of the molecule is CCNc1nc(Nc2cccc(C(F)(F)F)c2C)cc(-c2ccccn2)n1. The van der Waals surface area contributed by atoms with Gasteiger partial charge < -0.3 is 10.6 Å². The van der Waals surface area contributed by atoms with Gasteiger partial charge in [0.15, 0.2) is 0 Å². The van der Waals surface area contributed by atoms with E-state index in [-0.39, 0.29) is 5.56 Å². The highest BCUT2D eigenvalue weighted by molar-refractivity contribution is 5.67. The quantitative estimate of drug-likeness (QED) is 0.656. The lowest BCUT2D eigenvalue weighted by Crippen LogP contribution is -2.10. The number of anilines is 3. The van der Waals surface area contributed by atoms with Gasteiger partial charge in [0.25, 0.3) is 0 Å². The first-order valence-electron chi connectivity index (χ1n) is 8.36. The lowest BCUT2D eigenvalue weighted by Gasteiger charge is -2.16. The number of hydrogen-bond donors (Lipinski definition) is 2. The molecule has 3 aromatic rings. The predicted molar refractivity (Wildman–Crippen MR) is 98.9 cm³/mol. The summed E-state index contributed by atoms with van der Waals surface area (Å²) in [5.41, 5.74) is 0.959. The van der Waals surface area contributed by atoms with Crippen LogP contribution in [0.1, 0.15) is 18.1 Å². The molecule has 0 aliphatic rings. The van der Waals surface area contributed by atoms with Crippen molar-refractivity contribution in [2.24, 2.45) is 0 Å². The summed E-state index contributed by atoms with van der Waals surface area (Å²) in [4.78, 5) is 13.0. The fourth-order valence-electron chi connectivity index (χ4n) is 2.61. The standard InChI is InChI=1S/C19H18F3N5/c1-3-23-18-26-16(15-8-4-5-10-24-15)11-17(27-18)25-14-9-6-7-13(12(14)2)19(20,21)22/h4-11H,3H2,1-2H3,(H2,23,25,26,27). The van der Waals surface area contributed by atoms with Gasteiger partial charge in [0, 0.05) is 24.5 Å². The second-order valence-corrected chi connectivity index (χ2v) is 5.81. The molecule has 0 aliphatic carbocycles. The second-order valence-electron chi connectivity index (χ2n) is 5.81. The Hall–Kier alpha value is -3.16. The predicted octanol–water partition coefficient (Wildman–Crippen LogP) is 5.04. The number of alkyl halides is 3. The first kappa shape index (κ1) is 18.6. The third-order valence-electron chi connectivity index (χ3n) is 3.89. The van der Waals surface area contributed by atoms with Crippen LogP contribution in [0.25, 0.3) is 11.4 Å². The number of aromatic nitrogens is 3. The van der Waals surface area contributed by atoms with E-state index in [1.807, 2.05) is 13.0 Å². The van der Waals surface area contributed by atoms with E-state index >= 15 is 0 Å². The monoisotopic (exact) mass is 373 g/mol. The maximum absolute atomic E-state index is 13.1. The van der Waals surface area contributed by atoms with Crippen LogP contribution in [0.3, 0.4) is 0 Å². The van der Waals surface area contributed by atoms with Crippen LogP contribution in [0.4, 0.5) is 30.6 Å². The minimum Gasteiger partial charge on any atom is -0.354 e. The summed E-state index contributed by atoms with van der Waals surface area (Å²) < 4.78 is 39.4.